The fourth-order valence-electron chi connectivity index (χ4n) is 1.99. The zero-order valence-electron chi connectivity index (χ0n) is 12.6. The van der Waals surface area contributed by atoms with E-state index >= 15 is 0 Å². The summed E-state index contributed by atoms with van der Waals surface area (Å²) in [5, 5.41) is 47.3. The summed E-state index contributed by atoms with van der Waals surface area (Å²) in [5.41, 5.74) is 0. The monoisotopic (exact) mass is 293 g/mol. The fraction of sp³-hybridized carbons (Fsp3) is 1.00. The van der Waals surface area contributed by atoms with Gasteiger partial charge in [-0.1, -0.05) is 26.7 Å². The molecule has 0 aliphatic rings. The summed E-state index contributed by atoms with van der Waals surface area (Å²) in [6.45, 7) is 5.43. The van der Waals surface area contributed by atoms with E-state index < -0.39 is 31.0 Å². The lowest BCUT2D eigenvalue weighted by molar-refractivity contribution is -0.119. The van der Waals surface area contributed by atoms with Gasteiger partial charge in [-0.2, -0.15) is 0 Å². The Bertz CT molecular complexity index is 222. The molecule has 0 aromatic heterocycles. The average molecular weight is 293 g/mol. The molecule has 0 aliphatic heterocycles. The summed E-state index contributed by atoms with van der Waals surface area (Å²) in [6.07, 6.45) is -1.50. The lowest BCUT2D eigenvalue weighted by Crippen LogP contribution is -2.50. The van der Waals surface area contributed by atoms with E-state index in [1.165, 1.54) is 0 Å². The van der Waals surface area contributed by atoms with Gasteiger partial charge in [-0.05, 0) is 25.9 Å². The van der Waals surface area contributed by atoms with Gasteiger partial charge in [-0.25, -0.2) is 0 Å². The van der Waals surface area contributed by atoms with Crippen LogP contribution >= 0.6 is 0 Å². The molecule has 6 heteroatoms. The van der Waals surface area contributed by atoms with E-state index in [-0.39, 0.29) is 6.54 Å². The molecule has 20 heavy (non-hydrogen) atoms. The third-order valence-corrected chi connectivity index (χ3v) is 3.43. The maximum absolute atomic E-state index is 9.96. The van der Waals surface area contributed by atoms with E-state index in [0.29, 0.717) is 0 Å². The van der Waals surface area contributed by atoms with Crippen LogP contribution in [0.25, 0.3) is 0 Å². The molecule has 0 aliphatic carbocycles. The molecule has 0 radical (unpaired) electrons. The molecule has 0 unspecified atom stereocenters. The van der Waals surface area contributed by atoms with Gasteiger partial charge in [-0.3, -0.25) is 0 Å². The minimum absolute atomic E-state index is 0.246. The quantitative estimate of drug-likeness (QED) is 0.327. The third kappa shape index (κ3) is 7.52. The van der Waals surface area contributed by atoms with E-state index in [0.717, 1.165) is 38.8 Å². The summed E-state index contributed by atoms with van der Waals surface area (Å²) in [7, 11) is 0. The first-order valence-electron chi connectivity index (χ1n) is 7.53. The van der Waals surface area contributed by atoms with E-state index in [1.54, 1.807) is 0 Å². The highest BCUT2D eigenvalue weighted by molar-refractivity contribution is 4.82. The molecule has 0 spiro atoms. The van der Waals surface area contributed by atoms with Gasteiger partial charge in [0.1, 0.15) is 18.3 Å². The Hall–Kier alpha value is -0.240. The first-order valence-corrected chi connectivity index (χ1v) is 7.53. The first kappa shape index (κ1) is 19.8. The average Bonchev–Trinajstić information content (AvgIpc) is 2.47. The summed E-state index contributed by atoms with van der Waals surface area (Å²) in [5.74, 6) is 0. The van der Waals surface area contributed by atoms with E-state index in [4.69, 9.17) is 5.11 Å². The number of rotatable bonds is 12. The van der Waals surface area contributed by atoms with Crippen molar-refractivity contribution in [3.63, 3.8) is 0 Å². The maximum atomic E-state index is 9.96. The van der Waals surface area contributed by atoms with Crippen LogP contribution in [0.3, 0.4) is 0 Å². The Labute approximate surface area is 121 Å². The minimum Gasteiger partial charge on any atom is -0.394 e. The van der Waals surface area contributed by atoms with Crippen molar-refractivity contribution in [1.29, 1.82) is 0 Å². The lowest BCUT2D eigenvalue weighted by Gasteiger charge is -2.30. The van der Waals surface area contributed by atoms with Crippen molar-refractivity contribution in [2.75, 3.05) is 26.2 Å². The van der Waals surface area contributed by atoms with Crippen molar-refractivity contribution >= 4 is 0 Å². The first-order chi connectivity index (χ1) is 9.47. The summed E-state index contributed by atoms with van der Waals surface area (Å²) < 4.78 is 0. The minimum atomic E-state index is -1.55. The van der Waals surface area contributed by atoms with Crippen LogP contribution in [0.1, 0.15) is 39.5 Å². The SMILES string of the molecule is CCCCN(CCCC)C[C@H](O)[C@@H](O)[C@H](O)[C@H](O)CO. The fourth-order valence-corrected chi connectivity index (χ4v) is 1.99. The second-order valence-corrected chi connectivity index (χ2v) is 5.31. The lowest BCUT2D eigenvalue weighted by atomic mass is 10.0. The Morgan fingerprint density at radius 2 is 1.25 bits per heavy atom. The maximum Gasteiger partial charge on any atom is 0.111 e. The number of hydrogen-bond donors (Lipinski definition) is 5. The van der Waals surface area contributed by atoms with Crippen LogP contribution in [0, 0.1) is 0 Å². The highest BCUT2D eigenvalue weighted by Gasteiger charge is 2.30. The van der Waals surface area contributed by atoms with Crippen molar-refractivity contribution in [1.82, 2.24) is 4.90 Å². The summed E-state index contributed by atoms with van der Waals surface area (Å²) in [4.78, 5) is 2.05. The van der Waals surface area contributed by atoms with Crippen molar-refractivity contribution in [3.05, 3.63) is 0 Å². The predicted octanol–water partition coefficient (Wildman–Crippen LogP) is -0.675. The Balaban J connectivity index is 4.36. The van der Waals surface area contributed by atoms with E-state index in [1.807, 2.05) is 0 Å². The molecule has 0 aromatic rings. The molecule has 0 heterocycles. The zero-order valence-corrected chi connectivity index (χ0v) is 12.6. The second kappa shape index (κ2) is 11.4. The molecular weight excluding hydrogens is 262 g/mol. The molecule has 0 amide bonds. The Morgan fingerprint density at radius 3 is 1.65 bits per heavy atom. The molecule has 0 saturated heterocycles. The topological polar surface area (TPSA) is 104 Å². The van der Waals surface area contributed by atoms with Crippen LogP contribution < -0.4 is 0 Å². The third-order valence-electron chi connectivity index (χ3n) is 3.43. The van der Waals surface area contributed by atoms with Crippen LogP contribution in [0.2, 0.25) is 0 Å². The van der Waals surface area contributed by atoms with Crippen molar-refractivity contribution in [3.8, 4) is 0 Å². The molecule has 0 aromatic carbocycles. The predicted molar refractivity (Wildman–Crippen MR) is 77.4 cm³/mol. The van der Waals surface area contributed by atoms with Crippen LogP contribution in [0.4, 0.5) is 0 Å². The Kier molecular flexibility index (Phi) is 11.3. The normalized spacial score (nSPS) is 18.0. The molecule has 0 fully saturated rings. The number of aliphatic hydroxyl groups excluding tert-OH is 5. The molecule has 0 saturated carbocycles. The zero-order chi connectivity index (χ0) is 15.5. The van der Waals surface area contributed by atoms with Crippen LogP contribution in [0.5, 0.6) is 0 Å². The van der Waals surface area contributed by atoms with Gasteiger partial charge in [0, 0.05) is 6.54 Å². The molecule has 5 N–H and O–H groups in total. The van der Waals surface area contributed by atoms with Gasteiger partial charge >= 0.3 is 0 Å². The molecule has 0 rings (SSSR count). The van der Waals surface area contributed by atoms with Crippen molar-refractivity contribution in [2.24, 2.45) is 0 Å². The standard InChI is InChI=1S/C14H31NO5/c1-3-5-7-15(8-6-4-2)9-11(17)13(19)14(20)12(18)10-16/h11-14,16-20H,3-10H2,1-2H3/t11-,12+,13+,14+/m0/s1. The van der Waals surface area contributed by atoms with Crippen LogP contribution in [-0.2, 0) is 0 Å². The van der Waals surface area contributed by atoms with E-state index in [9.17, 15) is 20.4 Å². The number of nitrogens with zero attached hydrogens (tertiary/aromatic N) is 1. The number of hydrogen-bond acceptors (Lipinski definition) is 6. The number of aliphatic hydroxyl groups is 5. The van der Waals surface area contributed by atoms with Gasteiger partial charge in [0.25, 0.3) is 0 Å². The van der Waals surface area contributed by atoms with Gasteiger partial charge in [0.2, 0.25) is 0 Å². The van der Waals surface area contributed by atoms with Gasteiger partial charge < -0.3 is 30.4 Å². The largest absolute Gasteiger partial charge is 0.394 e. The van der Waals surface area contributed by atoms with Crippen molar-refractivity contribution < 1.29 is 25.5 Å². The van der Waals surface area contributed by atoms with Crippen LogP contribution in [-0.4, -0.2) is 81.1 Å². The Morgan fingerprint density at radius 1 is 0.800 bits per heavy atom. The molecule has 122 valence electrons. The second-order valence-electron chi connectivity index (χ2n) is 5.31. The van der Waals surface area contributed by atoms with Gasteiger partial charge in [0.05, 0.1) is 12.7 Å². The van der Waals surface area contributed by atoms with Gasteiger partial charge in [-0.15, -0.1) is 0 Å². The molecule has 6 nitrogen and oxygen atoms in total. The molecular formula is C14H31NO5. The highest BCUT2D eigenvalue weighted by Crippen LogP contribution is 2.08. The molecule has 0 bridgehead atoms. The van der Waals surface area contributed by atoms with Gasteiger partial charge in [0.15, 0.2) is 0 Å². The van der Waals surface area contributed by atoms with Crippen molar-refractivity contribution in [2.45, 2.75) is 63.9 Å². The molecule has 4 atom stereocenters. The summed E-state index contributed by atoms with van der Waals surface area (Å²) in [6, 6.07) is 0. The van der Waals surface area contributed by atoms with E-state index in [2.05, 4.69) is 18.7 Å². The smallest absolute Gasteiger partial charge is 0.111 e. The highest BCUT2D eigenvalue weighted by atomic mass is 16.4. The summed E-state index contributed by atoms with van der Waals surface area (Å²) >= 11 is 0. The number of unbranched alkanes of at least 4 members (excludes halogenated alkanes) is 2. The van der Waals surface area contributed by atoms with Crippen LogP contribution in [0.15, 0.2) is 0 Å².